The van der Waals surface area contributed by atoms with E-state index in [0.717, 1.165) is 17.2 Å². The molecule has 45 heavy (non-hydrogen) atoms. The Morgan fingerprint density at radius 2 is 1.07 bits per heavy atom. The van der Waals surface area contributed by atoms with Gasteiger partial charge in [-0.3, -0.25) is 4.79 Å². The summed E-state index contributed by atoms with van der Waals surface area (Å²) in [6.45, 7) is 0. The molecule has 6 rings (SSSR count). The molecule has 226 valence electrons. The van der Waals surface area contributed by atoms with Gasteiger partial charge in [0, 0.05) is 5.56 Å². The van der Waals surface area contributed by atoms with Crippen LogP contribution in [-0.2, 0) is 0 Å². The van der Waals surface area contributed by atoms with E-state index in [-0.39, 0.29) is 21.9 Å². The summed E-state index contributed by atoms with van der Waals surface area (Å²) >= 11 is 0. The monoisotopic (exact) mass is 618 g/mol. The van der Waals surface area contributed by atoms with Crippen molar-refractivity contribution in [2.45, 2.75) is 18.0 Å². The predicted molar refractivity (Wildman–Crippen MR) is 160 cm³/mol. The van der Waals surface area contributed by atoms with Crippen LogP contribution in [0.25, 0.3) is 54.9 Å². The van der Waals surface area contributed by atoms with E-state index >= 15 is 0 Å². The third kappa shape index (κ3) is 4.98. The number of fused-ring (bicyclic) bond motifs is 2. The number of Topliss-reactive ketones (excluding diaryl/α,β-unsaturated/α-hetero) is 1. The highest BCUT2D eigenvalue weighted by Crippen LogP contribution is 2.50. The second-order valence-corrected chi connectivity index (χ2v) is 10.5. The quantitative estimate of drug-likeness (QED) is 0.149. The minimum absolute atomic E-state index is 0.0662. The zero-order valence-corrected chi connectivity index (χ0v) is 23.0. The van der Waals surface area contributed by atoms with Gasteiger partial charge in [0.05, 0.1) is 5.56 Å². The average Bonchev–Trinajstić information content (AvgIpc) is 3.03. The standard InChI is InChI=1S/C36H21F7O2/c37-34(38,35(39,40)36(41,42)43)33(45)30-20-26-19-24(22-10-5-2-6-11-22)15-17-28(26)31(32(30)44)29-13-7-12-25-18-23(14-16-27(25)29)21-8-3-1-4-9-21/h1-20,44H. The fraction of sp³-hybridized carbons (Fsp3) is 0.0833. The summed E-state index contributed by atoms with van der Waals surface area (Å²) in [4.78, 5) is 12.9. The molecule has 6 aromatic rings. The number of phenolic OH excluding ortho intramolecular Hbond substituents is 1. The molecule has 0 saturated carbocycles. The number of rotatable bonds is 6. The molecule has 0 spiro atoms. The van der Waals surface area contributed by atoms with E-state index in [4.69, 9.17) is 0 Å². The molecule has 9 heteroatoms. The Morgan fingerprint density at radius 1 is 0.533 bits per heavy atom. The van der Waals surface area contributed by atoms with Crippen LogP contribution in [-0.4, -0.2) is 28.9 Å². The summed E-state index contributed by atoms with van der Waals surface area (Å²) in [6, 6.07) is 33.9. The molecule has 0 bridgehead atoms. The number of carbonyl (C=O) groups is 1. The van der Waals surface area contributed by atoms with Gasteiger partial charge in [0.1, 0.15) is 5.75 Å². The maximum Gasteiger partial charge on any atom is 0.460 e. The molecule has 0 unspecified atom stereocenters. The van der Waals surface area contributed by atoms with Crippen molar-refractivity contribution in [1.82, 2.24) is 0 Å². The summed E-state index contributed by atoms with van der Waals surface area (Å²) in [5.41, 5.74) is 1.72. The minimum Gasteiger partial charge on any atom is -0.507 e. The molecule has 0 aliphatic heterocycles. The third-order valence-electron chi connectivity index (χ3n) is 7.76. The normalized spacial score (nSPS) is 12.5. The lowest BCUT2D eigenvalue weighted by Gasteiger charge is -2.27. The summed E-state index contributed by atoms with van der Waals surface area (Å²) < 4.78 is 96.6. The molecule has 0 saturated heterocycles. The number of benzene rings is 6. The first-order valence-corrected chi connectivity index (χ1v) is 13.6. The summed E-state index contributed by atoms with van der Waals surface area (Å²) in [6.07, 6.45) is -6.73. The molecule has 0 radical (unpaired) electrons. The van der Waals surface area contributed by atoms with Gasteiger partial charge in [-0.1, -0.05) is 103 Å². The Balaban J connectivity index is 1.62. The predicted octanol–water partition coefficient (Wildman–Crippen LogP) is 10.7. The zero-order valence-electron chi connectivity index (χ0n) is 23.0. The number of alkyl halides is 7. The van der Waals surface area contributed by atoms with Crippen LogP contribution in [0.3, 0.4) is 0 Å². The SMILES string of the molecule is O=C(c1cc2cc(-c3ccccc3)ccc2c(-c2cccc3cc(-c4ccccc4)ccc23)c1O)C(F)(F)C(F)(F)C(F)(F)F. The van der Waals surface area contributed by atoms with Gasteiger partial charge in [0.25, 0.3) is 0 Å². The van der Waals surface area contributed by atoms with Gasteiger partial charge in [-0.2, -0.15) is 30.7 Å². The molecule has 0 heterocycles. The third-order valence-corrected chi connectivity index (χ3v) is 7.76. The van der Waals surface area contributed by atoms with E-state index in [0.29, 0.717) is 21.9 Å². The van der Waals surface area contributed by atoms with E-state index in [9.17, 15) is 40.6 Å². The number of phenols is 1. The Morgan fingerprint density at radius 3 is 1.62 bits per heavy atom. The van der Waals surface area contributed by atoms with Crippen molar-refractivity contribution < 1.29 is 40.6 Å². The number of hydrogen-bond acceptors (Lipinski definition) is 2. The maximum atomic E-state index is 14.8. The number of aromatic hydroxyl groups is 1. The van der Waals surface area contributed by atoms with Crippen molar-refractivity contribution in [3.63, 3.8) is 0 Å². The fourth-order valence-electron chi connectivity index (χ4n) is 5.45. The van der Waals surface area contributed by atoms with Crippen LogP contribution >= 0.6 is 0 Å². The Labute approximate surface area is 252 Å². The Hall–Kier alpha value is -5.18. The molecule has 0 aromatic heterocycles. The Kier molecular flexibility index (Phi) is 7.15. The van der Waals surface area contributed by atoms with E-state index in [2.05, 4.69) is 0 Å². The molecule has 0 amide bonds. The van der Waals surface area contributed by atoms with Gasteiger partial charge in [-0.05, 0) is 67.6 Å². The van der Waals surface area contributed by atoms with Gasteiger partial charge in [0.15, 0.2) is 0 Å². The van der Waals surface area contributed by atoms with Gasteiger partial charge in [-0.15, -0.1) is 0 Å². The lowest BCUT2D eigenvalue weighted by molar-refractivity contribution is -0.339. The molecule has 1 N–H and O–H groups in total. The van der Waals surface area contributed by atoms with E-state index in [1.54, 1.807) is 72.8 Å². The molecule has 0 fully saturated rings. The van der Waals surface area contributed by atoms with Gasteiger partial charge >= 0.3 is 18.0 Å². The van der Waals surface area contributed by atoms with Crippen molar-refractivity contribution in [3.05, 3.63) is 127 Å². The van der Waals surface area contributed by atoms with Crippen LogP contribution in [0, 0.1) is 0 Å². The average molecular weight is 619 g/mol. The lowest BCUT2D eigenvalue weighted by Crippen LogP contribution is -2.56. The van der Waals surface area contributed by atoms with Crippen LogP contribution in [0.5, 0.6) is 5.75 Å². The smallest absolute Gasteiger partial charge is 0.460 e. The Bertz CT molecular complexity index is 2070. The van der Waals surface area contributed by atoms with Crippen LogP contribution in [0.2, 0.25) is 0 Å². The minimum atomic E-state index is -6.73. The summed E-state index contributed by atoms with van der Waals surface area (Å²) in [7, 11) is 0. The second-order valence-electron chi connectivity index (χ2n) is 10.5. The fourth-order valence-corrected chi connectivity index (χ4v) is 5.45. The van der Waals surface area contributed by atoms with Crippen molar-refractivity contribution in [3.8, 4) is 39.1 Å². The first-order chi connectivity index (χ1) is 21.3. The lowest BCUT2D eigenvalue weighted by atomic mass is 9.87. The number of halogens is 7. The van der Waals surface area contributed by atoms with Gasteiger partial charge in [-0.25, -0.2) is 0 Å². The van der Waals surface area contributed by atoms with Crippen LogP contribution in [0.4, 0.5) is 30.7 Å². The van der Waals surface area contributed by atoms with E-state index < -0.39 is 35.1 Å². The highest BCUT2D eigenvalue weighted by molar-refractivity contribution is 6.15. The highest BCUT2D eigenvalue weighted by Gasteiger charge is 2.76. The molecule has 6 aromatic carbocycles. The molecule has 2 nitrogen and oxygen atoms in total. The number of carbonyl (C=O) groups excluding carboxylic acids is 1. The van der Waals surface area contributed by atoms with Crippen molar-refractivity contribution in [2.75, 3.05) is 0 Å². The van der Waals surface area contributed by atoms with E-state index in [1.807, 2.05) is 36.4 Å². The van der Waals surface area contributed by atoms with E-state index in [1.165, 1.54) is 6.07 Å². The molecular weight excluding hydrogens is 597 g/mol. The molecule has 0 aliphatic rings. The van der Waals surface area contributed by atoms with Crippen LogP contribution < -0.4 is 0 Å². The zero-order chi connectivity index (χ0) is 32.1. The number of hydrogen-bond donors (Lipinski definition) is 1. The number of ketones is 1. The van der Waals surface area contributed by atoms with Gasteiger partial charge in [0.2, 0.25) is 5.78 Å². The first-order valence-electron chi connectivity index (χ1n) is 13.6. The maximum absolute atomic E-state index is 14.8. The highest BCUT2D eigenvalue weighted by atomic mass is 19.4. The van der Waals surface area contributed by atoms with Crippen molar-refractivity contribution in [1.29, 1.82) is 0 Å². The summed E-state index contributed by atoms with van der Waals surface area (Å²) in [5, 5.41) is 12.8. The van der Waals surface area contributed by atoms with Gasteiger partial charge < -0.3 is 5.11 Å². The van der Waals surface area contributed by atoms with Crippen molar-refractivity contribution >= 4 is 27.3 Å². The molecule has 0 aliphatic carbocycles. The van der Waals surface area contributed by atoms with Crippen molar-refractivity contribution in [2.24, 2.45) is 0 Å². The molecule has 0 atom stereocenters. The van der Waals surface area contributed by atoms with Crippen LogP contribution in [0.15, 0.2) is 121 Å². The largest absolute Gasteiger partial charge is 0.507 e. The molecular formula is C36H21F7O2. The van der Waals surface area contributed by atoms with Crippen LogP contribution in [0.1, 0.15) is 10.4 Å². The summed E-state index contributed by atoms with van der Waals surface area (Å²) in [5.74, 6) is -16.9. The second kappa shape index (κ2) is 10.8. The first kappa shape index (κ1) is 29.9. The topological polar surface area (TPSA) is 37.3 Å².